The van der Waals surface area contributed by atoms with Crippen LogP contribution in [-0.2, 0) is 16.0 Å². The average Bonchev–Trinajstić information content (AvgIpc) is 2.96. The second-order valence-electron chi connectivity index (χ2n) is 4.99. The number of nitroso groups, excluding NO2 is 1. The van der Waals surface area contributed by atoms with E-state index in [1.54, 1.807) is 12.1 Å². The minimum Gasteiger partial charge on any atom is -0.480 e. The predicted molar refractivity (Wildman–Crippen MR) is 75.2 cm³/mol. The van der Waals surface area contributed by atoms with E-state index in [-0.39, 0.29) is 6.42 Å². The van der Waals surface area contributed by atoms with E-state index in [4.69, 9.17) is 0 Å². The van der Waals surface area contributed by atoms with Crippen LogP contribution in [0.2, 0.25) is 0 Å². The third-order valence-corrected chi connectivity index (χ3v) is 3.53. The Morgan fingerprint density at radius 2 is 2.10 bits per heavy atom. The molecule has 2 N–H and O–H groups in total. The van der Waals surface area contributed by atoms with E-state index in [1.165, 1.54) is 0 Å². The topological polar surface area (TPSA) is 99.1 Å². The number of carbonyl (C=O) groups is 2. The van der Waals surface area contributed by atoms with Gasteiger partial charge in [-0.1, -0.05) is 30.3 Å². The van der Waals surface area contributed by atoms with E-state index in [1.807, 2.05) is 18.2 Å². The van der Waals surface area contributed by atoms with E-state index in [0.29, 0.717) is 19.4 Å². The van der Waals surface area contributed by atoms with Crippen LogP contribution in [0.15, 0.2) is 35.6 Å². The Morgan fingerprint density at radius 1 is 1.38 bits per heavy atom. The third kappa shape index (κ3) is 3.77. The summed E-state index contributed by atoms with van der Waals surface area (Å²) >= 11 is 0. The molecule has 1 amide bonds. The lowest BCUT2D eigenvalue weighted by Crippen LogP contribution is -2.49. The van der Waals surface area contributed by atoms with Crippen LogP contribution < -0.4 is 5.32 Å². The van der Waals surface area contributed by atoms with Gasteiger partial charge in [-0.25, -0.2) is 9.80 Å². The molecule has 1 fully saturated rings. The smallest absolute Gasteiger partial charge is 0.326 e. The minimum atomic E-state index is -1.10. The van der Waals surface area contributed by atoms with Gasteiger partial charge in [0.05, 0.1) is 5.29 Å². The molecule has 2 unspecified atom stereocenters. The van der Waals surface area contributed by atoms with Gasteiger partial charge in [-0.05, 0) is 18.4 Å². The summed E-state index contributed by atoms with van der Waals surface area (Å²) in [5.41, 5.74) is 0.821. The van der Waals surface area contributed by atoms with Gasteiger partial charge in [0.25, 0.3) is 0 Å². The van der Waals surface area contributed by atoms with Crippen molar-refractivity contribution in [3.8, 4) is 0 Å². The highest BCUT2D eigenvalue weighted by Gasteiger charge is 2.33. The molecular weight excluding hydrogens is 274 g/mol. The van der Waals surface area contributed by atoms with Gasteiger partial charge in [0.15, 0.2) is 0 Å². The summed E-state index contributed by atoms with van der Waals surface area (Å²) in [4.78, 5) is 34.0. The fourth-order valence-electron chi connectivity index (χ4n) is 2.43. The predicted octanol–water partition coefficient (Wildman–Crippen LogP) is 0.944. The van der Waals surface area contributed by atoms with Gasteiger partial charge in [0.1, 0.15) is 12.1 Å². The van der Waals surface area contributed by atoms with Crippen molar-refractivity contribution in [3.63, 3.8) is 0 Å². The zero-order valence-electron chi connectivity index (χ0n) is 11.4. The Hall–Kier alpha value is -2.44. The lowest BCUT2D eigenvalue weighted by molar-refractivity contribution is -0.142. The molecule has 0 aliphatic carbocycles. The highest BCUT2D eigenvalue weighted by atomic mass is 16.4. The Bertz CT molecular complexity index is 520. The minimum absolute atomic E-state index is 0.198. The van der Waals surface area contributed by atoms with Gasteiger partial charge < -0.3 is 10.4 Å². The molecule has 0 saturated carbocycles. The highest BCUT2D eigenvalue weighted by Crippen LogP contribution is 2.17. The van der Waals surface area contributed by atoms with Crippen molar-refractivity contribution in [1.82, 2.24) is 10.3 Å². The number of hydrogen-bond donors (Lipinski definition) is 2. The number of aliphatic carboxylic acids is 1. The molecule has 2 atom stereocenters. The Labute approximate surface area is 121 Å². The monoisotopic (exact) mass is 291 g/mol. The summed E-state index contributed by atoms with van der Waals surface area (Å²) in [5.74, 6) is -1.56. The fraction of sp³-hybridized carbons (Fsp3) is 0.429. The molecule has 1 aliphatic rings. The average molecular weight is 291 g/mol. The first kappa shape index (κ1) is 15.0. The number of hydrogen-bond acceptors (Lipinski definition) is 4. The quantitative estimate of drug-likeness (QED) is 0.760. The van der Waals surface area contributed by atoms with Gasteiger partial charge in [-0.2, -0.15) is 0 Å². The molecule has 7 heteroatoms. The van der Waals surface area contributed by atoms with Gasteiger partial charge >= 0.3 is 5.97 Å². The van der Waals surface area contributed by atoms with Crippen molar-refractivity contribution >= 4 is 11.9 Å². The molecule has 0 aromatic heterocycles. The second kappa shape index (κ2) is 6.83. The molecule has 0 bridgehead atoms. The summed E-state index contributed by atoms with van der Waals surface area (Å²) in [6.07, 6.45) is 1.40. The molecule has 1 saturated heterocycles. The Balaban J connectivity index is 2.01. The van der Waals surface area contributed by atoms with Crippen LogP contribution in [0.4, 0.5) is 0 Å². The van der Waals surface area contributed by atoms with Crippen LogP contribution in [0.5, 0.6) is 0 Å². The number of nitrogens with zero attached hydrogens (tertiary/aromatic N) is 2. The molecule has 7 nitrogen and oxygen atoms in total. The molecule has 0 spiro atoms. The summed E-state index contributed by atoms with van der Waals surface area (Å²) in [5, 5.41) is 15.7. The van der Waals surface area contributed by atoms with Crippen LogP contribution in [0, 0.1) is 4.91 Å². The van der Waals surface area contributed by atoms with Gasteiger partial charge in [-0.3, -0.25) is 4.79 Å². The van der Waals surface area contributed by atoms with Crippen molar-refractivity contribution in [2.45, 2.75) is 31.3 Å². The maximum atomic E-state index is 12.1. The normalized spacial score (nSPS) is 19.0. The first-order valence-corrected chi connectivity index (χ1v) is 6.79. The number of rotatable bonds is 6. The largest absolute Gasteiger partial charge is 0.480 e. The molecule has 21 heavy (non-hydrogen) atoms. The zero-order chi connectivity index (χ0) is 15.2. The molecular formula is C14H17N3O4. The molecule has 1 aromatic rings. The SMILES string of the molecule is O=NN1CCCC1C(=O)NC(Cc1ccccc1)C(=O)O. The maximum absolute atomic E-state index is 12.1. The summed E-state index contributed by atoms with van der Waals surface area (Å²) in [6, 6.07) is 7.38. The van der Waals surface area contributed by atoms with Crippen LogP contribution in [-0.4, -0.2) is 40.6 Å². The number of carboxylic acids is 1. The standard InChI is InChI=1S/C14H17N3O4/c18-13(12-7-4-8-17(12)16-21)15-11(14(19)20)9-10-5-2-1-3-6-10/h1-3,5-6,11-12H,4,7-9H2,(H,15,18)(H,19,20). The first-order valence-electron chi connectivity index (χ1n) is 6.79. The second-order valence-corrected chi connectivity index (χ2v) is 4.99. The van der Waals surface area contributed by atoms with Crippen LogP contribution in [0.1, 0.15) is 18.4 Å². The third-order valence-electron chi connectivity index (χ3n) is 3.53. The van der Waals surface area contributed by atoms with E-state index >= 15 is 0 Å². The number of nitrogens with one attached hydrogen (secondary N) is 1. The van der Waals surface area contributed by atoms with E-state index in [9.17, 15) is 19.6 Å². The van der Waals surface area contributed by atoms with E-state index < -0.39 is 24.0 Å². The van der Waals surface area contributed by atoms with Crippen LogP contribution in [0.25, 0.3) is 0 Å². The zero-order valence-corrected chi connectivity index (χ0v) is 11.4. The van der Waals surface area contributed by atoms with Crippen molar-refractivity contribution in [3.05, 3.63) is 40.8 Å². The Kier molecular flexibility index (Phi) is 4.86. The molecule has 1 heterocycles. The van der Waals surface area contributed by atoms with Crippen LogP contribution in [0.3, 0.4) is 0 Å². The first-order chi connectivity index (χ1) is 10.1. The highest BCUT2D eigenvalue weighted by molar-refractivity contribution is 5.87. The van der Waals surface area contributed by atoms with Gasteiger partial charge in [-0.15, -0.1) is 4.91 Å². The fourth-order valence-corrected chi connectivity index (χ4v) is 2.43. The van der Waals surface area contributed by atoms with E-state index in [0.717, 1.165) is 10.6 Å². The molecule has 1 aromatic carbocycles. The number of carbonyl (C=O) groups excluding carboxylic acids is 1. The maximum Gasteiger partial charge on any atom is 0.326 e. The number of carboxylic acid groups (broad SMARTS) is 1. The van der Waals surface area contributed by atoms with Crippen molar-refractivity contribution in [1.29, 1.82) is 0 Å². The molecule has 1 aliphatic heterocycles. The molecule has 0 radical (unpaired) electrons. The van der Waals surface area contributed by atoms with Gasteiger partial charge in [0, 0.05) is 13.0 Å². The summed E-state index contributed by atoms with van der Waals surface area (Å²) < 4.78 is 0. The lowest BCUT2D eigenvalue weighted by Gasteiger charge is -2.20. The molecule has 2 rings (SSSR count). The van der Waals surface area contributed by atoms with E-state index in [2.05, 4.69) is 10.6 Å². The number of amides is 1. The van der Waals surface area contributed by atoms with Crippen molar-refractivity contribution < 1.29 is 14.7 Å². The lowest BCUT2D eigenvalue weighted by atomic mass is 10.1. The summed E-state index contributed by atoms with van der Waals surface area (Å²) in [6.45, 7) is 0.429. The van der Waals surface area contributed by atoms with Crippen molar-refractivity contribution in [2.75, 3.05) is 6.54 Å². The van der Waals surface area contributed by atoms with Gasteiger partial charge in [0.2, 0.25) is 5.91 Å². The van der Waals surface area contributed by atoms with Crippen LogP contribution >= 0.6 is 0 Å². The van der Waals surface area contributed by atoms with Crippen molar-refractivity contribution in [2.24, 2.45) is 5.29 Å². The Morgan fingerprint density at radius 3 is 2.71 bits per heavy atom. The number of benzene rings is 1. The molecule has 112 valence electrons. The summed E-state index contributed by atoms with van der Waals surface area (Å²) in [7, 11) is 0.